The van der Waals surface area contributed by atoms with Gasteiger partial charge in [-0.15, -0.1) is 4.68 Å². The van der Waals surface area contributed by atoms with Crippen LogP contribution in [0.25, 0.3) is 0 Å². The third kappa shape index (κ3) is 0.988. The Hall–Kier alpha value is -0.640. The highest BCUT2D eigenvalue weighted by atomic mass is 32.1. The molecule has 0 saturated carbocycles. The van der Waals surface area contributed by atoms with E-state index in [-0.39, 0.29) is 0 Å². The molecule has 0 aliphatic heterocycles. The predicted octanol–water partition coefficient (Wildman–Crippen LogP) is -0.287. The van der Waals surface area contributed by atoms with Crippen LogP contribution in [-0.2, 0) is 33.1 Å². The summed E-state index contributed by atoms with van der Waals surface area (Å²) in [5.74, 6) is 1.16. The van der Waals surface area contributed by atoms with Crippen LogP contribution in [0, 0.1) is 0 Å². The van der Waals surface area contributed by atoms with Gasteiger partial charge >= 0.3 is 0 Å². The minimum Gasteiger partial charge on any atom is -0.703 e. The van der Waals surface area contributed by atoms with Crippen molar-refractivity contribution in [2.75, 3.05) is 0 Å². The lowest BCUT2D eigenvalue weighted by Gasteiger charge is -1.95. The Bertz CT molecular complexity index is 241. The van der Waals surface area contributed by atoms with Crippen LogP contribution >= 0.6 is 0 Å². The first-order chi connectivity index (χ1) is 4.66. The maximum absolute atomic E-state index is 4.96. The largest absolute Gasteiger partial charge is 0.703 e. The molecule has 0 aliphatic carbocycles. The fourth-order valence-corrected chi connectivity index (χ4v) is 1.27. The van der Waals surface area contributed by atoms with E-state index >= 15 is 0 Å². The molecule has 10 heavy (non-hydrogen) atoms. The molecule has 0 aromatic carbocycles. The highest BCUT2D eigenvalue weighted by molar-refractivity contribution is 7.58. The Balaban J connectivity index is 3.20. The quantitative estimate of drug-likeness (QED) is 0.413. The highest BCUT2D eigenvalue weighted by Crippen LogP contribution is 1.91. The minimum absolute atomic E-state index is 0.652. The Morgan fingerprint density at radius 1 is 1.70 bits per heavy atom. The second-order valence-electron chi connectivity index (χ2n) is 2.23. The zero-order valence-corrected chi connectivity index (χ0v) is 7.27. The van der Waals surface area contributed by atoms with E-state index in [1.807, 2.05) is 23.3 Å². The minimum atomic E-state index is 0.652. The molecule has 3 nitrogen and oxygen atoms in total. The van der Waals surface area contributed by atoms with Crippen LogP contribution in [0.1, 0.15) is 12.7 Å². The summed E-state index contributed by atoms with van der Waals surface area (Å²) in [7, 11) is 3.85. The molecule has 1 heterocycles. The van der Waals surface area contributed by atoms with Crippen LogP contribution in [0.3, 0.4) is 0 Å². The summed E-state index contributed by atoms with van der Waals surface area (Å²) in [6.07, 6.45) is 0.969. The van der Waals surface area contributed by atoms with E-state index in [9.17, 15) is 0 Å². The van der Waals surface area contributed by atoms with Gasteiger partial charge in [0, 0.05) is 11.5 Å². The van der Waals surface area contributed by atoms with Crippen molar-refractivity contribution in [1.82, 2.24) is 9.78 Å². The maximum atomic E-state index is 4.96. The van der Waals surface area contributed by atoms with Crippen LogP contribution in [0.4, 0.5) is 0 Å². The van der Waals surface area contributed by atoms with Gasteiger partial charge in [-0.2, -0.15) is 0 Å². The SMILES string of the molecule is CCc1n(C)nc([S-])[n+]1C. The van der Waals surface area contributed by atoms with Crippen molar-refractivity contribution in [3.05, 3.63) is 5.82 Å². The molecule has 0 saturated heterocycles. The normalized spacial score (nSPS) is 10.3. The molecule has 0 aliphatic rings. The predicted molar refractivity (Wildman–Crippen MR) is 39.4 cm³/mol. The molecule has 0 unspecified atom stereocenters. The first-order valence-corrected chi connectivity index (χ1v) is 3.66. The van der Waals surface area contributed by atoms with Crippen molar-refractivity contribution in [3.8, 4) is 0 Å². The van der Waals surface area contributed by atoms with Gasteiger partial charge in [0.05, 0.1) is 14.1 Å². The van der Waals surface area contributed by atoms with E-state index in [2.05, 4.69) is 12.0 Å². The number of rotatable bonds is 1. The standard InChI is InChI=1S/C6H11N3S/c1-4-5-8(2)6(10)7-9(5)3/h4H2,1-3H3. The van der Waals surface area contributed by atoms with E-state index in [1.54, 1.807) is 0 Å². The van der Waals surface area contributed by atoms with Crippen LogP contribution < -0.4 is 4.57 Å². The van der Waals surface area contributed by atoms with Gasteiger partial charge < -0.3 is 12.6 Å². The van der Waals surface area contributed by atoms with Crippen LogP contribution in [0.15, 0.2) is 5.16 Å². The number of hydrogen-bond donors (Lipinski definition) is 0. The lowest BCUT2D eigenvalue weighted by molar-refractivity contribution is -0.716. The summed E-state index contributed by atoms with van der Waals surface area (Å²) in [6, 6.07) is 0. The van der Waals surface area contributed by atoms with Crippen molar-refractivity contribution < 1.29 is 4.57 Å². The smallest absolute Gasteiger partial charge is 0.233 e. The van der Waals surface area contributed by atoms with Gasteiger partial charge in [0.2, 0.25) is 5.82 Å². The molecule has 1 aromatic rings. The molecule has 0 bridgehead atoms. The second-order valence-corrected chi connectivity index (χ2v) is 2.60. The average Bonchev–Trinajstić information content (AvgIpc) is 2.09. The summed E-state index contributed by atoms with van der Waals surface area (Å²) in [5.41, 5.74) is 0. The third-order valence-electron chi connectivity index (χ3n) is 1.60. The zero-order valence-electron chi connectivity index (χ0n) is 6.46. The van der Waals surface area contributed by atoms with E-state index in [0.29, 0.717) is 5.16 Å². The molecule has 0 radical (unpaired) electrons. The zero-order chi connectivity index (χ0) is 7.72. The van der Waals surface area contributed by atoms with Gasteiger partial charge in [0.25, 0.3) is 0 Å². The van der Waals surface area contributed by atoms with E-state index < -0.39 is 0 Å². The van der Waals surface area contributed by atoms with Crippen LogP contribution in [0.2, 0.25) is 0 Å². The molecular formula is C6H11N3S. The van der Waals surface area contributed by atoms with E-state index in [0.717, 1.165) is 12.2 Å². The van der Waals surface area contributed by atoms with Crippen LogP contribution in [0.5, 0.6) is 0 Å². The fraction of sp³-hybridized carbons (Fsp3) is 0.667. The van der Waals surface area contributed by atoms with E-state index in [4.69, 9.17) is 12.6 Å². The van der Waals surface area contributed by atoms with Gasteiger partial charge in [0.15, 0.2) is 5.16 Å². The molecule has 0 fully saturated rings. The maximum Gasteiger partial charge on any atom is 0.233 e. The topological polar surface area (TPSA) is 21.7 Å². The lowest BCUT2D eigenvalue weighted by Crippen LogP contribution is -2.34. The number of aryl methyl sites for hydroxylation is 1. The van der Waals surface area contributed by atoms with Crippen molar-refractivity contribution in [2.24, 2.45) is 14.1 Å². The molecule has 1 rings (SSSR count). The highest BCUT2D eigenvalue weighted by Gasteiger charge is 2.09. The van der Waals surface area contributed by atoms with Crippen molar-refractivity contribution >= 4 is 12.6 Å². The Morgan fingerprint density at radius 3 is 2.50 bits per heavy atom. The lowest BCUT2D eigenvalue weighted by atomic mass is 10.4. The summed E-state index contributed by atoms with van der Waals surface area (Å²) in [5, 5.41) is 4.73. The molecule has 56 valence electrons. The molecule has 4 heteroatoms. The molecular weight excluding hydrogens is 146 g/mol. The summed E-state index contributed by atoms with van der Waals surface area (Å²) < 4.78 is 3.75. The Morgan fingerprint density at radius 2 is 2.30 bits per heavy atom. The molecule has 0 N–H and O–H groups in total. The summed E-state index contributed by atoms with van der Waals surface area (Å²) in [6.45, 7) is 2.09. The van der Waals surface area contributed by atoms with Gasteiger partial charge in [-0.3, -0.25) is 4.57 Å². The van der Waals surface area contributed by atoms with Gasteiger partial charge in [0.1, 0.15) is 0 Å². The van der Waals surface area contributed by atoms with Crippen molar-refractivity contribution in [1.29, 1.82) is 0 Å². The first kappa shape index (κ1) is 7.47. The first-order valence-electron chi connectivity index (χ1n) is 3.25. The Kier molecular flexibility index (Phi) is 1.89. The van der Waals surface area contributed by atoms with Gasteiger partial charge in [-0.05, 0) is 0 Å². The molecule has 1 aromatic heterocycles. The number of nitrogens with zero attached hydrogens (tertiary/aromatic N) is 3. The molecule has 0 atom stereocenters. The van der Waals surface area contributed by atoms with Crippen molar-refractivity contribution in [2.45, 2.75) is 18.5 Å². The third-order valence-corrected chi connectivity index (χ3v) is 1.95. The average molecular weight is 157 g/mol. The van der Waals surface area contributed by atoms with Crippen LogP contribution in [-0.4, -0.2) is 9.78 Å². The number of hydrogen-bond acceptors (Lipinski definition) is 2. The molecule has 0 spiro atoms. The Labute approximate surface area is 66.1 Å². The monoisotopic (exact) mass is 157 g/mol. The molecule has 0 amide bonds. The van der Waals surface area contributed by atoms with Crippen molar-refractivity contribution in [3.63, 3.8) is 0 Å². The van der Waals surface area contributed by atoms with E-state index in [1.165, 1.54) is 0 Å². The summed E-state index contributed by atoms with van der Waals surface area (Å²) >= 11 is 4.96. The number of aromatic nitrogens is 3. The van der Waals surface area contributed by atoms with Gasteiger partial charge in [-0.25, -0.2) is 0 Å². The fourth-order valence-electron chi connectivity index (χ4n) is 1.05. The summed E-state index contributed by atoms with van der Waals surface area (Å²) in [4.78, 5) is 0. The van der Waals surface area contributed by atoms with Gasteiger partial charge in [-0.1, -0.05) is 6.92 Å². The second kappa shape index (κ2) is 2.54.